The number of rotatable bonds is 5. The molecule has 0 unspecified atom stereocenters. The maximum Gasteiger partial charge on any atom is 0.299 e. The zero-order valence-electron chi connectivity index (χ0n) is 14.7. The molecule has 3 aromatic carbocycles. The number of benzene rings is 3. The van der Waals surface area contributed by atoms with Crippen molar-refractivity contribution in [3.63, 3.8) is 0 Å². The standard InChI is InChI=1S/C21H15N3O4/c25-21(16-9-6-10-17(13-16)24(27)28)20-18-11-4-5-12-19(18)22(23(20)26)14-15-7-2-1-3-8-15/h1-13H,14H2. The van der Waals surface area contributed by atoms with E-state index in [-0.39, 0.29) is 16.9 Å². The van der Waals surface area contributed by atoms with Crippen LogP contribution in [-0.2, 0) is 6.54 Å². The van der Waals surface area contributed by atoms with Crippen molar-refractivity contribution >= 4 is 22.4 Å². The molecule has 0 aliphatic rings. The van der Waals surface area contributed by atoms with E-state index in [9.17, 15) is 20.1 Å². The van der Waals surface area contributed by atoms with Gasteiger partial charge in [-0.1, -0.05) is 59.4 Å². The van der Waals surface area contributed by atoms with Crippen LogP contribution in [-0.4, -0.2) is 15.4 Å². The molecule has 0 bridgehead atoms. The molecule has 4 rings (SSSR count). The van der Waals surface area contributed by atoms with Crippen molar-refractivity contribution in [1.82, 2.24) is 4.68 Å². The summed E-state index contributed by atoms with van der Waals surface area (Å²) in [7, 11) is 0. The number of ketones is 1. The molecule has 0 saturated heterocycles. The van der Waals surface area contributed by atoms with Gasteiger partial charge in [0.2, 0.25) is 0 Å². The summed E-state index contributed by atoms with van der Waals surface area (Å²) in [6.07, 6.45) is 0. The second kappa shape index (κ2) is 6.96. The highest BCUT2D eigenvalue weighted by molar-refractivity contribution is 6.13. The highest BCUT2D eigenvalue weighted by Crippen LogP contribution is 2.22. The maximum atomic E-state index is 13.1. The quantitative estimate of drug-likeness (QED) is 0.176. The Bertz CT molecular complexity index is 1200. The number of hydrogen-bond acceptors (Lipinski definition) is 4. The average molecular weight is 373 g/mol. The topological polar surface area (TPSA) is 92.1 Å². The fourth-order valence-electron chi connectivity index (χ4n) is 3.23. The lowest BCUT2D eigenvalue weighted by Crippen LogP contribution is -2.42. The fourth-order valence-corrected chi connectivity index (χ4v) is 3.23. The second-order valence-electron chi connectivity index (χ2n) is 6.32. The van der Waals surface area contributed by atoms with Crippen molar-refractivity contribution in [3.05, 3.63) is 111 Å². The van der Waals surface area contributed by atoms with E-state index in [1.54, 1.807) is 24.3 Å². The van der Waals surface area contributed by atoms with E-state index in [1.165, 1.54) is 28.9 Å². The van der Waals surface area contributed by atoms with Crippen LogP contribution in [0.1, 0.15) is 21.6 Å². The highest BCUT2D eigenvalue weighted by atomic mass is 16.6. The minimum Gasteiger partial charge on any atom is -0.595 e. The van der Waals surface area contributed by atoms with Crippen LogP contribution < -0.4 is 4.85 Å². The summed E-state index contributed by atoms with van der Waals surface area (Å²) in [5.74, 6) is -0.554. The van der Waals surface area contributed by atoms with Crippen LogP contribution in [0.25, 0.3) is 10.9 Å². The molecule has 0 aliphatic carbocycles. The first-order valence-electron chi connectivity index (χ1n) is 8.60. The van der Waals surface area contributed by atoms with Gasteiger partial charge in [-0.3, -0.25) is 14.9 Å². The number of nitrogens with zero attached hydrogens (tertiary/aromatic N) is 3. The van der Waals surface area contributed by atoms with Crippen molar-refractivity contribution in [1.29, 1.82) is 0 Å². The molecule has 0 atom stereocenters. The Labute approximate surface area is 159 Å². The van der Waals surface area contributed by atoms with Gasteiger partial charge in [-0.05, 0) is 17.7 Å². The number of para-hydroxylation sites is 1. The highest BCUT2D eigenvalue weighted by Gasteiger charge is 2.29. The molecule has 0 fully saturated rings. The van der Waals surface area contributed by atoms with Gasteiger partial charge >= 0.3 is 0 Å². The number of carbonyl (C=O) groups excluding carboxylic acids is 1. The number of non-ortho nitro benzene ring substituents is 1. The Morgan fingerprint density at radius 1 is 0.964 bits per heavy atom. The summed E-state index contributed by atoms with van der Waals surface area (Å²) in [4.78, 5) is 24.1. The van der Waals surface area contributed by atoms with E-state index in [1.807, 2.05) is 30.3 Å². The van der Waals surface area contributed by atoms with Crippen LogP contribution in [0.5, 0.6) is 0 Å². The smallest absolute Gasteiger partial charge is 0.299 e. The number of carbonyl (C=O) groups is 1. The molecule has 4 aromatic rings. The number of hydrogen-bond donors (Lipinski definition) is 0. The minimum absolute atomic E-state index is 0.0490. The van der Waals surface area contributed by atoms with Crippen molar-refractivity contribution < 1.29 is 14.6 Å². The maximum absolute atomic E-state index is 13.1. The Kier molecular flexibility index (Phi) is 4.33. The predicted molar refractivity (Wildman–Crippen MR) is 103 cm³/mol. The zero-order chi connectivity index (χ0) is 19.7. The molecular formula is C21H15N3O4. The van der Waals surface area contributed by atoms with E-state index in [2.05, 4.69) is 0 Å². The van der Waals surface area contributed by atoms with Crippen molar-refractivity contribution in [3.8, 4) is 0 Å². The number of fused-ring (bicyclic) bond motifs is 1. The van der Waals surface area contributed by atoms with Crippen LogP contribution >= 0.6 is 0 Å². The zero-order valence-corrected chi connectivity index (χ0v) is 14.7. The molecule has 0 N–H and O–H groups in total. The molecule has 1 aromatic heterocycles. The summed E-state index contributed by atoms with van der Waals surface area (Å²) in [6, 6.07) is 21.9. The molecule has 0 aliphatic heterocycles. The predicted octanol–water partition coefficient (Wildman–Crippen LogP) is 3.46. The third kappa shape index (κ3) is 2.99. The fraction of sp³-hybridized carbons (Fsp3) is 0.0476. The van der Waals surface area contributed by atoms with E-state index in [4.69, 9.17) is 0 Å². The van der Waals surface area contributed by atoms with Gasteiger partial charge in [0.15, 0.2) is 0 Å². The monoisotopic (exact) mass is 373 g/mol. The molecule has 1 heterocycles. The van der Waals surface area contributed by atoms with Crippen LogP contribution in [0, 0.1) is 15.3 Å². The SMILES string of the molecule is O=C(c1cccc([N+](=O)[O-])c1)c1c2ccccc2n(Cc2ccccc2)[n+]1[O-]. The van der Waals surface area contributed by atoms with Crippen molar-refractivity contribution in [2.45, 2.75) is 6.54 Å². The summed E-state index contributed by atoms with van der Waals surface area (Å²) in [6.45, 7) is 0.299. The van der Waals surface area contributed by atoms with E-state index >= 15 is 0 Å². The van der Waals surface area contributed by atoms with Gasteiger partial charge in [-0.15, -0.1) is 4.68 Å². The summed E-state index contributed by atoms with van der Waals surface area (Å²) < 4.78 is 1.48. The van der Waals surface area contributed by atoms with Gasteiger partial charge in [0.1, 0.15) is 12.1 Å². The lowest BCUT2D eigenvalue weighted by molar-refractivity contribution is -0.692. The molecular weight excluding hydrogens is 358 g/mol. The Morgan fingerprint density at radius 2 is 1.68 bits per heavy atom. The van der Waals surface area contributed by atoms with Crippen molar-refractivity contribution in [2.24, 2.45) is 0 Å². The van der Waals surface area contributed by atoms with Gasteiger partial charge in [0.25, 0.3) is 17.2 Å². The van der Waals surface area contributed by atoms with Gasteiger partial charge < -0.3 is 5.21 Å². The Hall–Kier alpha value is -4.00. The van der Waals surface area contributed by atoms with E-state index in [0.29, 0.717) is 22.3 Å². The van der Waals surface area contributed by atoms with Crippen molar-refractivity contribution in [2.75, 3.05) is 0 Å². The molecule has 7 heteroatoms. The average Bonchev–Trinajstić information content (AvgIpc) is 3.00. The van der Waals surface area contributed by atoms with Crippen LogP contribution in [0.3, 0.4) is 0 Å². The van der Waals surface area contributed by atoms with Gasteiger partial charge in [0, 0.05) is 17.7 Å². The van der Waals surface area contributed by atoms with E-state index in [0.717, 1.165) is 5.56 Å². The van der Waals surface area contributed by atoms with Gasteiger partial charge in [-0.2, -0.15) is 0 Å². The third-order valence-corrected chi connectivity index (χ3v) is 4.56. The van der Waals surface area contributed by atoms with Crippen LogP contribution in [0.4, 0.5) is 5.69 Å². The normalized spacial score (nSPS) is 10.9. The molecule has 0 radical (unpaired) electrons. The lowest BCUT2D eigenvalue weighted by atomic mass is 10.0. The molecule has 0 amide bonds. The van der Waals surface area contributed by atoms with Gasteiger partial charge in [0.05, 0.1) is 10.3 Å². The number of aromatic nitrogens is 2. The molecule has 138 valence electrons. The summed E-state index contributed by atoms with van der Waals surface area (Å²) in [5, 5.41) is 24.6. The minimum atomic E-state index is -0.569. The summed E-state index contributed by atoms with van der Waals surface area (Å²) in [5.41, 5.74) is 1.39. The third-order valence-electron chi connectivity index (χ3n) is 4.56. The van der Waals surface area contributed by atoms with Crippen LogP contribution in [0.15, 0.2) is 78.9 Å². The lowest BCUT2D eigenvalue weighted by Gasteiger charge is -2.06. The molecule has 7 nitrogen and oxygen atoms in total. The Morgan fingerprint density at radius 3 is 2.43 bits per heavy atom. The first kappa shape index (κ1) is 17.4. The number of nitro benzene ring substituents is 1. The first-order valence-corrected chi connectivity index (χ1v) is 8.60. The van der Waals surface area contributed by atoms with Crippen LogP contribution in [0.2, 0.25) is 0 Å². The largest absolute Gasteiger partial charge is 0.595 e. The number of nitro groups is 1. The molecule has 0 spiro atoms. The van der Waals surface area contributed by atoms with E-state index < -0.39 is 10.7 Å². The molecule has 28 heavy (non-hydrogen) atoms. The first-order chi connectivity index (χ1) is 13.6. The Balaban J connectivity index is 1.86. The second-order valence-corrected chi connectivity index (χ2v) is 6.32. The van der Waals surface area contributed by atoms with Gasteiger partial charge in [-0.25, -0.2) is 0 Å². The summed E-state index contributed by atoms with van der Waals surface area (Å²) >= 11 is 0. The molecule has 0 saturated carbocycles.